The topological polar surface area (TPSA) is 55.4 Å². The lowest BCUT2D eigenvalue weighted by molar-refractivity contribution is -0.122. The standard InChI is InChI=1S/C19H37NO3/c1-4-17(2)19(22)13-9-8-12-16-23-15-11-7-5-6-10-14-20-18(3)21/h17H,4-16H2,1-3H3,(H,20,21). The first-order valence-electron chi connectivity index (χ1n) is 9.42. The van der Waals surface area contributed by atoms with Crippen LogP contribution < -0.4 is 5.32 Å². The zero-order valence-electron chi connectivity index (χ0n) is 15.5. The molecule has 0 aliphatic rings. The first kappa shape index (κ1) is 22.1. The van der Waals surface area contributed by atoms with E-state index in [1.807, 2.05) is 6.92 Å². The molecule has 1 unspecified atom stereocenters. The van der Waals surface area contributed by atoms with Crippen LogP contribution in [-0.4, -0.2) is 31.4 Å². The van der Waals surface area contributed by atoms with Crippen molar-refractivity contribution >= 4 is 11.7 Å². The van der Waals surface area contributed by atoms with E-state index in [1.165, 1.54) is 19.3 Å². The normalized spacial score (nSPS) is 12.1. The molecule has 0 bridgehead atoms. The predicted molar refractivity (Wildman–Crippen MR) is 95.5 cm³/mol. The molecule has 4 heteroatoms. The van der Waals surface area contributed by atoms with Gasteiger partial charge in [0.1, 0.15) is 5.78 Å². The summed E-state index contributed by atoms with van der Waals surface area (Å²) in [6.07, 6.45) is 10.6. The third-order valence-corrected chi connectivity index (χ3v) is 4.21. The Morgan fingerprint density at radius 3 is 2.09 bits per heavy atom. The van der Waals surface area contributed by atoms with Gasteiger partial charge in [-0.1, -0.05) is 39.5 Å². The second kappa shape index (κ2) is 16.0. The molecule has 0 saturated carbocycles. The molecule has 0 rings (SSSR count). The van der Waals surface area contributed by atoms with Gasteiger partial charge >= 0.3 is 0 Å². The summed E-state index contributed by atoms with van der Waals surface area (Å²) in [5, 5.41) is 2.81. The van der Waals surface area contributed by atoms with Crippen LogP contribution in [0, 0.1) is 5.92 Å². The number of ketones is 1. The summed E-state index contributed by atoms with van der Waals surface area (Å²) >= 11 is 0. The van der Waals surface area contributed by atoms with Gasteiger partial charge in [-0.05, 0) is 32.1 Å². The Bertz CT molecular complexity index is 305. The van der Waals surface area contributed by atoms with Crippen LogP contribution in [0.25, 0.3) is 0 Å². The summed E-state index contributed by atoms with van der Waals surface area (Å²) in [5.41, 5.74) is 0. The zero-order valence-corrected chi connectivity index (χ0v) is 15.5. The molecule has 0 aromatic carbocycles. The number of hydrogen-bond acceptors (Lipinski definition) is 3. The van der Waals surface area contributed by atoms with Crippen molar-refractivity contribution in [2.45, 2.75) is 85.0 Å². The van der Waals surface area contributed by atoms with Crippen LogP contribution in [0.5, 0.6) is 0 Å². The number of carbonyl (C=O) groups is 2. The molecular formula is C19H37NO3. The monoisotopic (exact) mass is 327 g/mol. The number of unbranched alkanes of at least 4 members (excludes halogenated alkanes) is 6. The average molecular weight is 328 g/mol. The van der Waals surface area contributed by atoms with E-state index in [2.05, 4.69) is 12.2 Å². The van der Waals surface area contributed by atoms with Crippen LogP contribution in [0.15, 0.2) is 0 Å². The molecule has 4 nitrogen and oxygen atoms in total. The first-order valence-corrected chi connectivity index (χ1v) is 9.42. The highest BCUT2D eigenvalue weighted by molar-refractivity contribution is 5.80. The van der Waals surface area contributed by atoms with E-state index in [-0.39, 0.29) is 11.8 Å². The van der Waals surface area contributed by atoms with Gasteiger partial charge in [0.05, 0.1) is 0 Å². The molecule has 0 aliphatic heterocycles. The number of carbonyl (C=O) groups excluding carboxylic acids is 2. The highest BCUT2D eigenvalue weighted by atomic mass is 16.5. The highest BCUT2D eigenvalue weighted by Crippen LogP contribution is 2.09. The lowest BCUT2D eigenvalue weighted by Crippen LogP contribution is -2.20. The smallest absolute Gasteiger partial charge is 0.216 e. The number of amides is 1. The van der Waals surface area contributed by atoms with E-state index < -0.39 is 0 Å². The summed E-state index contributed by atoms with van der Waals surface area (Å²) in [4.78, 5) is 22.3. The summed E-state index contributed by atoms with van der Waals surface area (Å²) in [7, 11) is 0. The van der Waals surface area contributed by atoms with Crippen LogP contribution in [-0.2, 0) is 14.3 Å². The average Bonchev–Trinajstić information content (AvgIpc) is 2.53. The summed E-state index contributed by atoms with van der Waals surface area (Å²) < 4.78 is 5.63. The molecule has 0 heterocycles. The third kappa shape index (κ3) is 15.8. The molecule has 0 spiro atoms. The lowest BCUT2D eigenvalue weighted by Gasteiger charge is -2.07. The Labute approximate surface area is 142 Å². The van der Waals surface area contributed by atoms with Crippen LogP contribution in [0.3, 0.4) is 0 Å². The van der Waals surface area contributed by atoms with Crippen LogP contribution in [0.4, 0.5) is 0 Å². The van der Waals surface area contributed by atoms with Gasteiger partial charge in [0, 0.05) is 39.0 Å². The Kier molecular flexibility index (Phi) is 15.4. The lowest BCUT2D eigenvalue weighted by atomic mass is 9.99. The Balaban J connectivity index is 3.13. The Hall–Kier alpha value is -0.900. The first-order chi connectivity index (χ1) is 11.1. The summed E-state index contributed by atoms with van der Waals surface area (Å²) in [5.74, 6) is 0.694. The van der Waals surface area contributed by atoms with E-state index in [0.29, 0.717) is 5.78 Å². The van der Waals surface area contributed by atoms with Crippen LogP contribution in [0.1, 0.15) is 85.0 Å². The number of rotatable bonds is 16. The van der Waals surface area contributed by atoms with Crippen molar-refractivity contribution in [1.29, 1.82) is 0 Å². The molecule has 136 valence electrons. The molecular weight excluding hydrogens is 290 g/mol. The van der Waals surface area contributed by atoms with E-state index in [4.69, 9.17) is 4.74 Å². The molecule has 1 atom stereocenters. The minimum Gasteiger partial charge on any atom is -0.381 e. The fraction of sp³-hybridized carbons (Fsp3) is 0.895. The van der Waals surface area contributed by atoms with Crippen LogP contribution >= 0.6 is 0 Å². The van der Waals surface area contributed by atoms with Gasteiger partial charge in [-0.25, -0.2) is 0 Å². The molecule has 0 aliphatic carbocycles. The molecule has 0 radical (unpaired) electrons. The van der Waals surface area contributed by atoms with Crippen molar-refractivity contribution in [3.63, 3.8) is 0 Å². The van der Waals surface area contributed by atoms with Crippen molar-refractivity contribution in [3.8, 4) is 0 Å². The van der Waals surface area contributed by atoms with Gasteiger partial charge in [0.2, 0.25) is 5.91 Å². The maximum absolute atomic E-state index is 11.7. The van der Waals surface area contributed by atoms with E-state index in [1.54, 1.807) is 6.92 Å². The van der Waals surface area contributed by atoms with Crippen molar-refractivity contribution in [2.24, 2.45) is 5.92 Å². The largest absolute Gasteiger partial charge is 0.381 e. The summed E-state index contributed by atoms with van der Waals surface area (Å²) in [6.45, 7) is 8.11. The number of hydrogen-bond donors (Lipinski definition) is 1. The second-order valence-corrected chi connectivity index (χ2v) is 6.45. The van der Waals surface area contributed by atoms with Crippen LogP contribution in [0.2, 0.25) is 0 Å². The summed E-state index contributed by atoms with van der Waals surface area (Å²) in [6, 6.07) is 0. The van der Waals surface area contributed by atoms with Gasteiger partial charge < -0.3 is 10.1 Å². The minimum atomic E-state index is 0.0580. The fourth-order valence-corrected chi connectivity index (χ4v) is 2.38. The highest BCUT2D eigenvalue weighted by Gasteiger charge is 2.09. The molecule has 0 aromatic rings. The van der Waals surface area contributed by atoms with Gasteiger partial charge in [-0.2, -0.15) is 0 Å². The van der Waals surface area contributed by atoms with Gasteiger partial charge in [-0.15, -0.1) is 0 Å². The molecule has 23 heavy (non-hydrogen) atoms. The minimum absolute atomic E-state index is 0.0580. The SMILES string of the molecule is CCC(C)C(=O)CCCCCOCCCCCCCNC(C)=O. The molecule has 1 N–H and O–H groups in total. The Morgan fingerprint density at radius 2 is 1.48 bits per heavy atom. The van der Waals surface area contributed by atoms with Crippen molar-refractivity contribution in [3.05, 3.63) is 0 Å². The maximum atomic E-state index is 11.7. The quantitative estimate of drug-likeness (QED) is 0.431. The molecule has 0 aromatic heterocycles. The van der Waals surface area contributed by atoms with Gasteiger partial charge in [-0.3, -0.25) is 9.59 Å². The molecule has 1 amide bonds. The van der Waals surface area contributed by atoms with Gasteiger partial charge in [0.15, 0.2) is 0 Å². The second-order valence-electron chi connectivity index (χ2n) is 6.45. The number of ether oxygens (including phenoxy) is 1. The zero-order chi connectivity index (χ0) is 17.3. The van der Waals surface area contributed by atoms with Crippen molar-refractivity contribution in [1.82, 2.24) is 5.32 Å². The third-order valence-electron chi connectivity index (χ3n) is 4.21. The van der Waals surface area contributed by atoms with Gasteiger partial charge in [0.25, 0.3) is 0 Å². The molecule has 0 fully saturated rings. The fourth-order valence-electron chi connectivity index (χ4n) is 2.38. The van der Waals surface area contributed by atoms with E-state index in [9.17, 15) is 9.59 Å². The predicted octanol–water partition coefficient (Wildman–Crippen LogP) is 4.27. The maximum Gasteiger partial charge on any atom is 0.216 e. The number of nitrogens with one attached hydrogen (secondary N) is 1. The molecule has 0 saturated heterocycles. The van der Waals surface area contributed by atoms with E-state index >= 15 is 0 Å². The van der Waals surface area contributed by atoms with Crippen molar-refractivity contribution < 1.29 is 14.3 Å². The Morgan fingerprint density at radius 1 is 0.913 bits per heavy atom. The van der Waals surface area contributed by atoms with Crippen molar-refractivity contribution in [2.75, 3.05) is 19.8 Å². The van der Waals surface area contributed by atoms with E-state index in [0.717, 1.165) is 64.7 Å². The number of Topliss-reactive ketones (excluding diaryl/α,β-unsaturated/α-hetero) is 1.